The fourth-order valence-electron chi connectivity index (χ4n) is 4.79. The number of carboxylic acids is 1. The second-order valence-electron chi connectivity index (χ2n) is 8.64. The molecule has 0 aliphatic heterocycles. The number of fused-ring (bicyclic) bond motifs is 1. The molecule has 1 unspecified atom stereocenters. The number of benzene rings is 3. The molecule has 4 aromatic rings. The van der Waals surface area contributed by atoms with Crippen LogP contribution in [0, 0.1) is 0 Å². The van der Waals surface area contributed by atoms with Crippen LogP contribution < -0.4 is 4.74 Å². The molecule has 0 bridgehead atoms. The minimum Gasteiger partial charge on any atom is -0.478 e. The van der Waals surface area contributed by atoms with Gasteiger partial charge in [-0.05, 0) is 54.0 Å². The van der Waals surface area contributed by atoms with Gasteiger partial charge in [0.2, 0.25) is 6.10 Å². The normalized spacial score (nSPS) is 13.9. The van der Waals surface area contributed by atoms with Crippen molar-refractivity contribution in [3.8, 4) is 5.75 Å². The zero-order chi connectivity index (χ0) is 23.3. The van der Waals surface area contributed by atoms with Gasteiger partial charge in [-0.1, -0.05) is 78.0 Å². The Morgan fingerprint density at radius 2 is 1.59 bits per heavy atom. The number of aliphatic carboxylic acids is 1. The van der Waals surface area contributed by atoms with Gasteiger partial charge in [-0.25, -0.2) is 9.48 Å². The van der Waals surface area contributed by atoms with Gasteiger partial charge >= 0.3 is 5.97 Å². The van der Waals surface area contributed by atoms with Gasteiger partial charge < -0.3 is 9.84 Å². The van der Waals surface area contributed by atoms with Gasteiger partial charge in [0, 0.05) is 0 Å². The summed E-state index contributed by atoms with van der Waals surface area (Å²) < 4.78 is 7.77. The third-order valence-corrected chi connectivity index (χ3v) is 6.45. The van der Waals surface area contributed by atoms with Crippen LogP contribution in [-0.2, 0) is 24.2 Å². The summed E-state index contributed by atoms with van der Waals surface area (Å²) >= 11 is 0. The molecular formula is C28H27N3O3. The van der Waals surface area contributed by atoms with E-state index >= 15 is 0 Å². The van der Waals surface area contributed by atoms with Crippen LogP contribution in [0.1, 0.15) is 46.7 Å². The Hall–Kier alpha value is -3.93. The molecule has 6 nitrogen and oxygen atoms in total. The van der Waals surface area contributed by atoms with E-state index in [0.717, 1.165) is 48.1 Å². The minimum absolute atomic E-state index is 0.0600. The maximum Gasteiger partial charge on any atom is 0.346 e. The number of hydrogen-bond acceptors (Lipinski definition) is 4. The maximum atomic E-state index is 12.2. The van der Waals surface area contributed by atoms with Gasteiger partial charge in [0.25, 0.3) is 0 Å². The lowest BCUT2D eigenvalue weighted by Gasteiger charge is -2.23. The standard InChI is InChI=1S/C28H27N3O3/c32-28(33)26(34-25-17-9-15-20-10-7-8-16-23(20)25)19-31-24(18-29-30-31)27(21-11-3-1-4-12-21)22-13-5-2-6-14-22/h1-6,9,11-15,17-18,26-27H,7-8,10,16,19H2,(H,32,33). The molecule has 1 aliphatic carbocycles. The summed E-state index contributed by atoms with van der Waals surface area (Å²) in [6.07, 6.45) is 4.80. The summed E-state index contributed by atoms with van der Waals surface area (Å²) in [6, 6.07) is 26.2. The smallest absolute Gasteiger partial charge is 0.346 e. The lowest BCUT2D eigenvalue weighted by molar-refractivity contribution is -0.145. The van der Waals surface area contributed by atoms with Gasteiger partial charge in [-0.15, -0.1) is 5.10 Å². The van der Waals surface area contributed by atoms with Crippen molar-refractivity contribution in [3.05, 3.63) is 113 Å². The highest BCUT2D eigenvalue weighted by molar-refractivity contribution is 5.72. The second-order valence-corrected chi connectivity index (χ2v) is 8.64. The molecule has 6 heteroatoms. The number of rotatable bonds is 8. The van der Waals surface area contributed by atoms with Gasteiger partial charge in [-0.3, -0.25) is 0 Å². The van der Waals surface area contributed by atoms with E-state index in [4.69, 9.17) is 4.74 Å². The van der Waals surface area contributed by atoms with Gasteiger partial charge in [0.15, 0.2) is 0 Å². The average molecular weight is 454 g/mol. The zero-order valence-corrected chi connectivity index (χ0v) is 18.9. The van der Waals surface area contributed by atoms with Gasteiger partial charge in [0.1, 0.15) is 5.75 Å². The van der Waals surface area contributed by atoms with Crippen molar-refractivity contribution in [1.29, 1.82) is 0 Å². The number of aromatic nitrogens is 3. The molecule has 0 spiro atoms. The van der Waals surface area contributed by atoms with Crippen LogP contribution in [0.4, 0.5) is 0 Å². The molecule has 1 N–H and O–H groups in total. The fraction of sp³-hybridized carbons (Fsp3) is 0.250. The van der Waals surface area contributed by atoms with Crippen LogP contribution in [0.2, 0.25) is 0 Å². The Kier molecular flexibility index (Phi) is 6.38. The van der Waals surface area contributed by atoms with E-state index in [2.05, 4.69) is 40.6 Å². The van der Waals surface area contributed by atoms with Crippen LogP contribution in [0.15, 0.2) is 85.1 Å². The number of aryl methyl sites for hydroxylation is 1. The van der Waals surface area contributed by atoms with Crippen molar-refractivity contribution in [2.24, 2.45) is 0 Å². The summed E-state index contributed by atoms with van der Waals surface area (Å²) in [7, 11) is 0. The van der Waals surface area contributed by atoms with Crippen LogP contribution in [0.3, 0.4) is 0 Å². The van der Waals surface area contributed by atoms with E-state index in [9.17, 15) is 9.90 Å². The first kappa shape index (κ1) is 21.9. The molecule has 1 aromatic heterocycles. The first-order valence-corrected chi connectivity index (χ1v) is 11.7. The molecule has 0 fully saturated rings. The Morgan fingerprint density at radius 1 is 0.912 bits per heavy atom. The third-order valence-electron chi connectivity index (χ3n) is 6.45. The molecule has 0 saturated heterocycles. The van der Waals surface area contributed by atoms with Crippen molar-refractivity contribution in [2.75, 3.05) is 0 Å². The summed E-state index contributed by atoms with van der Waals surface area (Å²) in [5.74, 6) is -0.490. The van der Waals surface area contributed by atoms with Gasteiger partial charge in [0.05, 0.1) is 24.4 Å². The summed E-state index contributed by atoms with van der Waals surface area (Å²) in [4.78, 5) is 12.2. The van der Waals surface area contributed by atoms with E-state index in [1.54, 1.807) is 10.9 Å². The van der Waals surface area contributed by atoms with Gasteiger partial charge in [-0.2, -0.15) is 0 Å². The number of carboxylic acid groups (broad SMARTS) is 1. The molecule has 0 saturated carbocycles. The zero-order valence-electron chi connectivity index (χ0n) is 18.9. The number of carbonyl (C=O) groups is 1. The predicted octanol–water partition coefficient (Wildman–Crippen LogP) is 4.87. The number of nitrogens with zero attached hydrogens (tertiary/aromatic N) is 3. The molecule has 1 atom stereocenters. The monoisotopic (exact) mass is 453 g/mol. The molecule has 0 radical (unpaired) electrons. The van der Waals surface area contributed by atoms with Crippen molar-refractivity contribution in [2.45, 2.75) is 44.2 Å². The highest BCUT2D eigenvalue weighted by Gasteiger charge is 2.27. The third kappa shape index (κ3) is 4.57. The molecule has 1 aliphatic rings. The van der Waals surface area contributed by atoms with Crippen LogP contribution in [-0.4, -0.2) is 32.2 Å². The predicted molar refractivity (Wildman–Crippen MR) is 129 cm³/mol. The molecule has 34 heavy (non-hydrogen) atoms. The first-order chi connectivity index (χ1) is 16.7. The van der Waals surface area contributed by atoms with Crippen molar-refractivity contribution >= 4 is 5.97 Å². The summed E-state index contributed by atoms with van der Waals surface area (Å²) in [5, 5.41) is 18.4. The highest BCUT2D eigenvalue weighted by atomic mass is 16.5. The molecule has 0 amide bonds. The highest BCUT2D eigenvalue weighted by Crippen LogP contribution is 2.33. The number of hydrogen-bond donors (Lipinski definition) is 1. The van der Waals surface area contributed by atoms with E-state index in [1.807, 2.05) is 48.5 Å². The average Bonchev–Trinajstić information content (AvgIpc) is 3.33. The van der Waals surface area contributed by atoms with Crippen molar-refractivity contribution in [1.82, 2.24) is 15.0 Å². The van der Waals surface area contributed by atoms with E-state index in [1.165, 1.54) is 5.56 Å². The topological polar surface area (TPSA) is 77.2 Å². The summed E-state index contributed by atoms with van der Waals surface area (Å²) in [5.41, 5.74) is 5.37. The molecule has 3 aromatic carbocycles. The Labute approximate surface area is 198 Å². The maximum absolute atomic E-state index is 12.2. The second kappa shape index (κ2) is 9.91. The van der Waals surface area contributed by atoms with Crippen LogP contribution in [0.25, 0.3) is 0 Å². The quantitative estimate of drug-likeness (QED) is 0.412. The van der Waals surface area contributed by atoms with E-state index in [0.29, 0.717) is 5.75 Å². The molecule has 1 heterocycles. The molecule has 5 rings (SSSR count). The van der Waals surface area contributed by atoms with Crippen LogP contribution >= 0.6 is 0 Å². The van der Waals surface area contributed by atoms with E-state index < -0.39 is 12.1 Å². The molecular weight excluding hydrogens is 426 g/mol. The Morgan fingerprint density at radius 3 is 2.26 bits per heavy atom. The summed E-state index contributed by atoms with van der Waals surface area (Å²) in [6.45, 7) is 0.0600. The van der Waals surface area contributed by atoms with Crippen molar-refractivity contribution in [3.63, 3.8) is 0 Å². The lowest BCUT2D eigenvalue weighted by Crippen LogP contribution is -2.33. The SMILES string of the molecule is O=C(O)C(Cn1nncc1C(c1ccccc1)c1ccccc1)Oc1cccc2c1CCCC2. The first-order valence-electron chi connectivity index (χ1n) is 11.7. The van der Waals surface area contributed by atoms with Crippen LogP contribution in [0.5, 0.6) is 5.75 Å². The molecule has 172 valence electrons. The minimum atomic E-state index is -1.08. The lowest BCUT2D eigenvalue weighted by atomic mass is 9.88. The Balaban J connectivity index is 1.47. The Bertz CT molecular complexity index is 1210. The van der Waals surface area contributed by atoms with Crippen molar-refractivity contribution < 1.29 is 14.6 Å². The van der Waals surface area contributed by atoms with E-state index in [-0.39, 0.29) is 12.5 Å². The largest absolute Gasteiger partial charge is 0.478 e. The fourth-order valence-corrected chi connectivity index (χ4v) is 4.79. The number of ether oxygens (including phenoxy) is 1.